The van der Waals surface area contributed by atoms with Crippen LogP contribution in [0.5, 0.6) is 0 Å². The van der Waals surface area contributed by atoms with E-state index < -0.39 is 0 Å². The number of hydrogen-bond donors (Lipinski definition) is 1. The highest BCUT2D eigenvalue weighted by molar-refractivity contribution is 6.05. The number of carbonyl (C=O) groups is 1. The Morgan fingerprint density at radius 2 is 2.32 bits per heavy atom. The van der Waals surface area contributed by atoms with E-state index in [9.17, 15) is 4.79 Å². The molecule has 3 heterocycles. The molecule has 0 aliphatic heterocycles. The molecule has 0 saturated carbocycles. The zero-order chi connectivity index (χ0) is 13.4. The highest BCUT2D eigenvalue weighted by Gasteiger charge is 2.12. The molecule has 0 aliphatic rings. The summed E-state index contributed by atoms with van der Waals surface area (Å²) >= 11 is 0. The molecule has 0 fully saturated rings. The van der Waals surface area contributed by atoms with Gasteiger partial charge < -0.3 is 9.84 Å². The highest BCUT2D eigenvalue weighted by Crippen LogP contribution is 2.17. The van der Waals surface area contributed by atoms with E-state index in [0.29, 0.717) is 22.8 Å². The molecule has 0 radical (unpaired) electrons. The Hall–Kier alpha value is -2.70. The normalized spacial score (nSPS) is 10.8. The van der Waals surface area contributed by atoms with Crippen molar-refractivity contribution in [2.45, 2.75) is 6.92 Å². The van der Waals surface area contributed by atoms with Crippen LogP contribution in [0.15, 0.2) is 29.0 Å². The molecule has 19 heavy (non-hydrogen) atoms. The van der Waals surface area contributed by atoms with E-state index in [-0.39, 0.29) is 5.91 Å². The molecule has 0 spiro atoms. The summed E-state index contributed by atoms with van der Waals surface area (Å²) in [6.45, 7) is 1.80. The van der Waals surface area contributed by atoms with Gasteiger partial charge in [-0.15, -0.1) is 0 Å². The SMILES string of the molecule is Cc1noc2ncc(C(=O)Nc3ccn(C)n3)cc12. The summed E-state index contributed by atoms with van der Waals surface area (Å²) in [5.41, 5.74) is 1.56. The van der Waals surface area contributed by atoms with Crippen molar-refractivity contribution in [2.24, 2.45) is 7.05 Å². The molecular weight excluding hydrogens is 246 g/mol. The molecule has 7 nitrogen and oxygen atoms in total. The molecule has 96 valence electrons. The summed E-state index contributed by atoms with van der Waals surface area (Å²) in [5, 5.41) is 11.3. The third-order valence-electron chi connectivity index (χ3n) is 2.73. The van der Waals surface area contributed by atoms with Gasteiger partial charge in [0.2, 0.25) is 0 Å². The minimum absolute atomic E-state index is 0.270. The van der Waals surface area contributed by atoms with Gasteiger partial charge in [0.25, 0.3) is 11.6 Å². The van der Waals surface area contributed by atoms with Gasteiger partial charge >= 0.3 is 0 Å². The van der Waals surface area contributed by atoms with Gasteiger partial charge in [-0.25, -0.2) is 4.98 Å². The van der Waals surface area contributed by atoms with Crippen LogP contribution < -0.4 is 5.32 Å². The second-order valence-corrected chi connectivity index (χ2v) is 4.17. The fraction of sp³-hybridized carbons (Fsp3) is 0.167. The number of carbonyl (C=O) groups excluding carboxylic acids is 1. The Morgan fingerprint density at radius 3 is 3.05 bits per heavy atom. The Kier molecular flexibility index (Phi) is 2.52. The number of anilines is 1. The maximum Gasteiger partial charge on any atom is 0.258 e. The Labute approximate surface area is 108 Å². The third-order valence-corrected chi connectivity index (χ3v) is 2.73. The quantitative estimate of drug-likeness (QED) is 0.752. The first kappa shape index (κ1) is 11.4. The topological polar surface area (TPSA) is 85.8 Å². The van der Waals surface area contributed by atoms with Crippen molar-refractivity contribution in [1.29, 1.82) is 0 Å². The summed E-state index contributed by atoms with van der Waals surface area (Å²) in [5.74, 6) is 0.225. The molecule has 0 atom stereocenters. The van der Waals surface area contributed by atoms with Crippen LogP contribution in [0, 0.1) is 6.92 Å². The largest absolute Gasteiger partial charge is 0.336 e. The minimum atomic E-state index is -0.270. The van der Waals surface area contributed by atoms with Gasteiger partial charge in [0.15, 0.2) is 5.82 Å². The lowest BCUT2D eigenvalue weighted by molar-refractivity contribution is 0.102. The number of pyridine rings is 1. The van der Waals surface area contributed by atoms with Gasteiger partial charge in [-0.3, -0.25) is 9.48 Å². The second kappa shape index (κ2) is 4.20. The fourth-order valence-corrected chi connectivity index (χ4v) is 1.74. The second-order valence-electron chi connectivity index (χ2n) is 4.17. The molecule has 3 rings (SSSR count). The van der Waals surface area contributed by atoms with Gasteiger partial charge in [0, 0.05) is 25.5 Å². The lowest BCUT2D eigenvalue weighted by Crippen LogP contribution is -2.12. The summed E-state index contributed by atoms with van der Waals surface area (Å²) in [6.07, 6.45) is 3.20. The standard InChI is InChI=1S/C12H11N5O2/c1-7-9-5-8(6-13-12(9)19-16-7)11(18)14-10-3-4-17(2)15-10/h3-6H,1-2H3,(H,14,15,18). The first-order valence-corrected chi connectivity index (χ1v) is 5.66. The van der Waals surface area contributed by atoms with Crippen molar-refractivity contribution in [1.82, 2.24) is 19.9 Å². The molecule has 7 heteroatoms. The Morgan fingerprint density at radius 1 is 1.47 bits per heavy atom. The number of rotatable bonds is 2. The van der Waals surface area contributed by atoms with Gasteiger partial charge in [-0.05, 0) is 13.0 Å². The predicted octanol–water partition coefficient (Wildman–Crippen LogP) is 1.52. The monoisotopic (exact) mass is 257 g/mol. The van der Waals surface area contributed by atoms with Crippen LogP contribution in [0.4, 0.5) is 5.82 Å². The molecule has 0 aromatic carbocycles. The lowest BCUT2D eigenvalue weighted by atomic mass is 10.2. The van der Waals surface area contributed by atoms with Crippen LogP contribution in [-0.4, -0.2) is 25.8 Å². The summed E-state index contributed by atoms with van der Waals surface area (Å²) in [7, 11) is 1.78. The summed E-state index contributed by atoms with van der Waals surface area (Å²) in [6, 6.07) is 3.42. The molecule has 0 aliphatic carbocycles. The number of nitrogens with zero attached hydrogens (tertiary/aromatic N) is 4. The lowest BCUT2D eigenvalue weighted by Gasteiger charge is -2.01. The zero-order valence-corrected chi connectivity index (χ0v) is 10.4. The van der Waals surface area contributed by atoms with E-state index >= 15 is 0 Å². The van der Waals surface area contributed by atoms with E-state index in [0.717, 1.165) is 5.39 Å². The Bertz CT molecular complexity index is 758. The maximum atomic E-state index is 12.0. The predicted molar refractivity (Wildman–Crippen MR) is 67.7 cm³/mol. The van der Waals surface area contributed by atoms with Crippen LogP contribution >= 0.6 is 0 Å². The van der Waals surface area contributed by atoms with Gasteiger partial charge in [0.05, 0.1) is 16.6 Å². The zero-order valence-electron chi connectivity index (χ0n) is 10.4. The van der Waals surface area contributed by atoms with Gasteiger partial charge in [0.1, 0.15) is 0 Å². The van der Waals surface area contributed by atoms with Crippen LogP contribution in [0.25, 0.3) is 11.1 Å². The fourth-order valence-electron chi connectivity index (χ4n) is 1.74. The molecule has 0 saturated heterocycles. The average molecular weight is 257 g/mol. The molecule has 1 N–H and O–H groups in total. The number of amides is 1. The molecule has 3 aromatic rings. The van der Waals surface area contributed by atoms with E-state index in [4.69, 9.17) is 4.52 Å². The van der Waals surface area contributed by atoms with Crippen molar-refractivity contribution in [3.63, 3.8) is 0 Å². The van der Waals surface area contributed by atoms with Crippen molar-refractivity contribution in [3.8, 4) is 0 Å². The average Bonchev–Trinajstić information content (AvgIpc) is 2.96. The highest BCUT2D eigenvalue weighted by atomic mass is 16.5. The number of fused-ring (bicyclic) bond motifs is 1. The summed E-state index contributed by atoms with van der Waals surface area (Å²) < 4.78 is 6.61. The van der Waals surface area contributed by atoms with E-state index in [1.807, 2.05) is 0 Å². The van der Waals surface area contributed by atoms with Gasteiger partial charge in [-0.2, -0.15) is 5.10 Å². The molecule has 0 unspecified atom stereocenters. The first-order valence-electron chi connectivity index (χ1n) is 5.66. The number of nitrogens with one attached hydrogen (secondary N) is 1. The van der Waals surface area contributed by atoms with Crippen molar-refractivity contribution >= 4 is 22.8 Å². The minimum Gasteiger partial charge on any atom is -0.336 e. The molecular formula is C12H11N5O2. The van der Waals surface area contributed by atoms with Gasteiger partial charge in [-0.1, -0.05) is 5.16 Å². The third kappa shape index (κ3) is 2.05. The van der Waals surface area contributed by atoms with Crippen molar-refractivity contribution in [2.75, 3.05) is 5.32 Å². The smallest absolute Gasteiger partial charge is 0.258 e. The van der Waals surface area contributed by atoms with E-state index in [1.165, 1.54) is 6.20 Å². The number of aryl methyl sites for hydroxylation is 2. The molecule has 1 amide bonds. The molecule has 0 bridgehead atoms. The van der Waals surface area contributed by atoms with Crippen molar-refractivity contribution < 1.29 is 9.32 Å². The van der Waals surface area contributed by atoms with Crippen LogP contribution in [0.3, 0.4) is 0 Å². The van der Waals surface area contributed by atoms with E-state index in [2.05, 4.69) is 20.6 Å². The van der Waals surface area contributed by atoms with Crippen molar-refractivity contribution in [3.05, 3.63) is 35.8 Å². The maximum absolute atomic E-state index is 12.0. The Balaban J connectivity index is 1.90. The molecule has 3 aromatic heterocycles. The number of aromatic nitrogens is 4. The first-order chi connectivity index (χ1) is 9.13. The van der Waals surface area contributed by atoms with Crippen LogP contribution in [0.1, 0.15) is 16.1 Å². The van der Waals surface area contributed by atoms with Crippen LogP contribution in [-0.2, 0) is 7.05 Å². The number of hydrogen-bond acceptors (Lipinski definition) is 5. The van der Waals surface area contributed by atoms with Crippen LogP contribution in [0.2, 0.25) is 0 Å². The van der Waals surface area contributed by atoms with E-state index in [1.54, 1.807) is 37.0 Å². The summed E-state index contributed by atoms with van der Waals surface area (Å²) in [4.78, 5) is 16.1.